The quantitative estimate of drug-likeness (QED) is 0.823. The third-order valence-corrected chi connectivity index (χ3v) is 4.14. The van der Waals surface area contributed by atoms with E-state index in [1.165, 1.54) is 0 Å². The number of nitrogens with zero attached hydrogens (tertiary/aromatic N) is 1. The molecule has 0 saturated heterocycles. The monoisotopic (exact) mass is 333 g/mol. The van der Waals surface area contributed by atoms with Gasteiger partial charge in [-0.2, -0.15) is 0 Å². The van der Waals surface area contributed by atoms with E-state index < -0.39 is 0 Å². The van der Waals surface area contributed by atoms with Crippen LogP contribution in [0.3, 0.4) is 0 Å². The van der Waals surface area contributed by atoms with Crippen LogP contribution in [0.2, 0.25) is 5.02 Å². The Morgan fingerprint density at radius 1 is 1.04 bits per heavy atom. The highest BCUT2D eigenvalue weighted by Gasteiger charge is 2.20. The van der Waals surface area contributed by atoms with Crippen molar-refractivity contribution in [2.24, 2.45) is 0 Å². The fourth-order valence-electron chi connectivity index (χ4n) is 2.31. The molecular weight excluding hydrogens is 314 g/mol. The third-order valence-electron chi connectivity index (χ3n) is 3.88. The standard InChI is InChI=1S/C18H20ClNO3/c1-12(13-5-8-15(19)9-6-13)20(2)18(21)14-7-10-16(22-3)17(11-14)23-4/h5-12H,1-4H3. The highest BCUT2D eigenvalue weighted by atomic mass is 35.5. The van der Waals surface area contributed by atoms with Gasteiger partial charge in [-0.25, -0.2) is 0 Å². The van der Waals surface area contributed by atoms with Crippen molar-refractivity contribution in [2.45, 2.75) is 13.0 Å². The van der Waals surface area contributed by atoms with Crippen LogP contribution in [0, 0.1) is 0 Å². The van der Waals surface area contributed by atoms with Gasteiger partial charge in [0.25, 0.3) is 5.91 Å². The molecule has 1 atom stereocenters. The lowest BCUT2D eigenvalue weighted by molar-refractivity contribution is 0.0742. The van der Waals surface area contributed by atoms with Gasteiger partial charge in [-0.15, -0.1) is 0 Å². The lowest BCUT2D eigenvalue weighted by Crippen LogP contribution is -2.29. The molecule has 0 saturated carbocycles. The molecule has 2 aromatic carbocycles. The van der Waals surface area contributed by atoms with E-state index in [1.807, 2.05) is 31.2 Å². The zero-order chi connectivity index (χ0) is 17.0. The smallest absolute Gasteiger partial charge is 0.254 e. The summed E-state index contributed by atoms with van der Waals surface area (Å²) < 4.78 is 10.5. The number of rotatable bonds is 5. The molecule has 0 bridgehead atoms. The van der Waals surface area contributed by atoms with E-state index in [0.29, 0.717) is 22.1 Å². The zero-order valence-electron chi connectivity index (χ0n) is 13.7. The van der Waals surface area contributed by atoms with Gasteiger partial charge in [0.1, 0.15) is 0 Å². The Balaban J connectivity index is 2.23. The number of hydrogen-bond donors (Lipinski definition) is 0. The maximum Gasteiger partial charge on any atom is 0.254 e. The number of benzene rings is 2. The summed E-state index contributed by atoms with van der Waals surface area (Å²) in [6.07, 6.45) is 0. The van der Waals surface area contributed by atoms with Crippen LogP contribution in [-0.2, 0) is 0 Å². The van der Waals surface area contributed by atoms with Crippen LogP contribution in [-0.4, -0.2) is 32.1 Å². The number of ether oxygens (including phenoxy) is 2. The van der Waals surface area contributed by atoms with Gasteiger partial charge in [0.05, 0.1) is 20.3 Å². The molecule has 2 aromatic rings. The van der Waals surface area contributed by atoms with E-state index in [1.54, 1.807) is 44.4 Å². The van der Waals surface area contributed by atoms with E-state index in [2.05, 4.69) is 0 Å². The molecule has 0 N–H and O–H groups in total. The largest absolute Gasteiger partial charge is 0.493 e. The van der Waals surface area contributed by atoms with Crippen LogP contribution >= 0.6 is 11.6 Å². The molecule has 122 valence electrons. The van der Waals surface area contributed by atoms with Gasteiger partial charge in [0.15, 0.2) is 11.5 Å². The Labute approximate surface area is 141 Å². The average Bonchev–Trinajstić information content (AvgIpc) is 2.59. The molecule has 1 unspecified atom stereocenters. The second-order valence-corrected chi connectivity index (χ2v) is 5.65. The molecular formula is C18H20ClNO3. The molecule has 0 radical (unpaired) electrons. The van der Waals surface area contributed by atoms with E-state index >= 15 is 0 Å². The molecule has 0 heterocycles. The maximum absolute atomic E-state index is 12.7. The fourth-order valence-corrected chi connectivity index (χ4v) is 2.44. The first-order valence-corrected chi connectivity index (χ1v) is 7.60. The van der Waals surface area contributed by atoms with Crippen molar-refractivity contribution in [1.82, 2.24) is 4.90 Å². The van der Waals surface area contributed by atoms with Crippen LogP contribution in [0.5, 0.6) is 11.5 Å². The van der Waals surface area contributed by atoms with Gasteiger partial charge < -0.3 is 14.4 Å². The van der Waals surface area contributed by atoms with Crippen molar-refractivity contribution in [3.05, 3.63) is 58.6 Å². The minimum Gasteiger partial charge on any atom is -0.493 e. The molecule has 0 spiro atoms. The molecule has 0 aliphatic carbocycles. The lowest BCUT2D eigenvalue weighted by atomic mass is 10.1. The molecule has 0 fully saturated rings. The molecule has 0 aliphatic heterocycles. The summed E-state index contributed by atoms with van der Waals surface area (Å²) in [5.41, 5.74) is 1.57. The van der Waals surface area contributed by atoms with Crippen molar-refractivity contribution in [3.8, 4) is 11.5 Å². The van der Waals surface area contributed by atoms with Crippen molar-refractivity contribution in [2.75, 3.05) is 21.3 Å². The number of methoxy groups -OCH3 is 2. The van der Waals surface area contributed by atoms with Crippen molar-refractivity contribution >= 4 is 17.5 Å². The van der Waals surface area contributed by atoms with Crippen molar-refractivity contribution in [1.29, 1.82) is 0 Å². The minimum atomic E-state index is -0.0894. The van der Waals surface area contributed by atoms with Crippen LogP contribution in [0.15, 0.2) is 42.5 Å². The summed E-state index contributed by atoms with van der Waals surface area (Å²) in [7, 11) is 4.89. The van der Waals surface area contributed by atoms with Gasteiger partial charge >= 0.3 is 0 Å². The van der Waals surface area contributed by atoms with Gasteiger partial charge in [-0.3, -0.25) is 4.79 Å². The normalized spacial score (nSPS) is 11.7. The van der Waals surface area contributed by atoms with Gasteiger partial charge in [-0.1, -0.05) is 23.7 Å². The Morgan fingerprint density at radius 2 is 1.65 bits per heavy atom. The number of amides is 1. The van der Waals surface area contributed by atoms with Crippen LogP contribution in [0.25, 0.3) is 0 Å². The maximum atomic E-state index is 12.7. The van der Waals surface area contributed by atoms with E-state index in [9.17, 15) is 4.79 Å². The van der Waals surface area contributed by atoms with Gasteiger partial charge in [-0.05, 0) is 42.8 Å². The predicted molar refractivity (Wildman–Crippen MR) is 91.5 cm³/mol. The first-order chi connectivity index (χ1) is 11.0. The van der Waals surface area contributed by atoms with Crippen LogP contribution < -0.4 is 9.47 Å². The molecule has 0 aliphatic rings. The fraction of sp³-hybridized carbons (Fsp3) is 0.278. The first kappa shape index (κ1) is 17.2. The Hall–Kier alpha value is -2.20. The van der Waals surface area contributed by atoms with E-state index in [-0.39, 0.29) is 11.9 Å². The number of carbonyl (C=O) groups excluding carboxylic acids is 1. The highest BCUT2D eigenvalue weighted by Crippen LogP contribution is 2.29. The van der Waals surface area contributed by atoms with E-state index in [4.69, 9.17) is 21.1 Å². The Kier molecular flexibility index (Phi) is 5.50. The third kappa shape index (κ3) is 3.77. The van der Waals surface area contributed by atoms with Crippen molar-refractivity contribution < 1.29 is 14.3 Å². The predicted octanol–water partition coefficient (Wildman–Crippen LogP) is 4.19. The molecule has 0 aromatic heterocycles. The number of carbonyl (C=O) groups is 1. The number of hydrogen-bond acceptors (Lipinski definition) is 3. The molecule has 23 heavy (non-hydrogen) atoms. The molecule has 2 rings (SSSR count). The first-order valence-electron chi connectivity index (χ1n) is 7.22. The second kappa shape index (κ2) is 7.38. The molecule has 4 nitrogen and oxygen atoms in total. The SMILES string of the molecule is COc1ccc(C(=O)N(C)C(C)c2ccc(Cl)cc2)cc1OC. The zero-order valence-corrected chi connectivity index (χ0v) is 14.4. The Bertz CT molecular complexity index is 685. The molecule has 1 amide bonds. The minimum absolute atomic E-state index is 0.0761. The second-order valence-electron chi connectivity index (χ2n) is 5.21. The summed E-state index contributed by atoms with van der Waals surface area (Å²) >= 11 is 5.91. The molecule has 5 heteroatoms. The Morgan fingerprint density at radius 3 is 2.22 bits per heavy atom. The van der Waals surface area contributed by atoms with Crippen LogP contribution in [0.1, 0.15) is 28.9 Å². The average molecular weight is 334 g/mol. The summed E-state index contributed by atoms with van der Waals surface area (Å²) in [5, 5.41) is 0.676. The summed E-state index contributed by atoms with van der Waals surface area (Å²) in [6.45, 7) is 1.97. The van der Waals surface area contributed by atoms with Crippen molar-refractivity contribution in [3.63, 3.8) is 0 Å². The topological polar surface area (TPSA) is 38.8 Å². The van der Waals surface area contributed by atoms with Gasteiger partial charge in [0, 0.05) is 17.6 Å². The summed E-state index contributed by atoms with van der Waals surface area (Å²) in [5.74, 6) is 1.04. The summed E-state index contributed by atoms with van der Waals surface area (Å²) in [4.78, 5) is 14.4. The number of halogens is 1. The summed E-state index contributed by atoms with van der Waals surface area (Å²) in [6, 6.07) is 12.6. The highest BCUT2D eigenvalue weighted by molar-refractivity contribution is 6.30. The lowest BCUT2D eigenvalue weighted by Gasteiger charge is -2.25. The van der Waals surface area contributed by atoms with Gasteiger partial charge in [0.2, 0.25) is 0 Å². The van der Waals surface area contributed by atoms with Crippen LogP contribution in [0.4, 0.5) is 0 Å². The van der Waals surface area contributed by atoms with E-state index in [0.717, 1.165) is 5.56 Å².